The van der Waals surface area contributed by atoms with Crippen LogP contribution in [0, 0.1) is 11.6 Å². The zero-order valence-corrected chi connectivity index (χ0v) is 11.4. The molecule has 0 fully saturated rings. The Hall–Kier alpha value is -2.57. The van der Waals surface area contributed by atoms with Crippen LogP contribution in [0.25, 0.3) is 0 Å². The van der Waals surface area contributed by atoms with E-state index in [1.54, 1.807) is 7.05 Å². The summed E-state index contributed by atoms with van der Waals surface area (Å²) in [5.41, 5.74) is 0.221. The third-order valence-electron chi connectivity index (χ3n) is 3.59. The SMILES string of the molecule is CN1C(=O)C(c2c(F)cccc2F)N(C)c2ncncc21. The van der Waals surface area contributed by atoms with Gasteiger partial charge in [-0.1, -0.05) is 6.07 Å². The Morgan fingerprint density at radius 3 is 2.52 bits per heavy atom. The maximum Gasteiger partial charge on any atom is 0.254 e. The first-order chi connectivity index (χ1) is 10.0. The van der Waals surface area contributed by atoms with Crippen molar-refractivity contribution in [2.24, 2.45) is 0 Å². The maximum atomic E-state index is 14.0. The minimum atomic E-state index is -1.10. The highest BCUT2D eigenvalue weighted by Crippen LogP contribution is 2.39. The van der Waals surface area contributed by atoms with E-state index in [1.807, 2.05) is 0 Å². The fourth-order valence-corrected chi connectivity index (χ4v) is 2.50. The number of likely N-dealkylation sites (N-methyl/N-ethyl adjacent to an activating group) is 2. The maximum absolute atomic E-state index is 14.0. The molecule has 0 N–H and O–H groups in total. The number of hydrogen-bond donors (Lipinski definition) is 0. The predicted molar refractivity (Wildman–Crippen MR) is 72.9 cm³/mol. The Kier molecular flexibility index (Phi) is 3.04. The zero-order chi connectivity index (χ0) is 15.1. The van der Waals surface area contributed by atoms with Gasteiger partial charge >= 0.3 is 0 Å². The molecule has 7 heteroatoms. The monoisotopic (exact) mass is 290 g/mol. The van der Waals surface area contributed by atoms with Crippen LogP contribution >= 0.6 is 0 Å². The lowest BCUT2D eigenvalue weighted by Crippen LogP contribution is -2.46. The Labute approximate surface area is 119 Å². The molecule has 1 atom stereocenters. The Morgan fingerprint density at radius 1 is 1.19 bits per heavy atom. The minimum Gasteiger partial charge on any atom is -0.342 e. The molecule has 0 spiro atoms. The van der Waals surface area contributed by atoms with Crippen molar-refractivity contribution in [1.82, 2.24) is 9.97 Å². The number of halogens is 2. The van der Waals surface area contributed by atoms with Gasteiger partial charge in [-0.2, -0.15) is 0 Å². The normalized spacial score (nSPS) is 17.9. The van der Waals surface area contributed by atoms with Crippen LogP contribution < -0.4 is 9.80 Å². The van der Waals surface area contributed by atoms with Crippen molar-refractivity contribution in [1.29, 1.82) is 0 Å². The summed E-state index contributed by atoms with van der Waals surface area (Å²) in [5, 5.41) is 0. The van der Waals surface area contributed by atoms with Crippen LogP contribution in [-0.4, -0.2) is 30.0 Å². The smallest absolute Gasteiger partial charge is 0.254 e. The van der Waals surface area contributed by atoms with Crippen molar-refractivity contribution >= 4 is 17.4 Å². The first kappa shape index (κ1) is 13.4. The molecule has 1 aromatic carbocycles. The van der Waals surface area contributed by atoms with E-state index in [1.165, 1.54) is 35.4 Å². The van der Waals surface area contributed by atoms with Crippen LogP contribution in [0.15, 0.2) is 30.7 Å². The van der Waals surface area contributed by atoms with Crippen LogP contribution in [0.3, 0.4) is 0 Å². The molecule has 1 aliphatic heterocycles. The van der Waals surface area contributed by atoms with Gasteiger partial charge in [-0.05, 0) is 12.1 Å². The summed E-state index contributed by atoms with van der Waals surface area (Å²) >= 11 is 0. The second-order valence-electron chi connectivity index (χ2n) is 4.78. The van der Waals surface area contributed by atoms with Crippen molar-refractivity contribution in [3.8, 4) is 0 Å². The summed E-state index contributed by atoms with van der Waals surface area (Å²) in [6.07, 6.45) is 2.82. The van der Waals surface area contributed by atoms with Crippen molar-refractivity contribution in [2.75, 3.05) is 23.9 Å². The van der Waals surface area contributed by atoms with E-state index in [-0.39, 0.29) is 5.56 Å². The first-order valence-electron chi connectivity index (χ1n) is 6.26. The van der Waals surface area contributed by atoms with E-state index in [0.29, 0.717) is 11.5 Å². The van der Waals surface area contributed by atoms with E-state index < -0.39 is 23.6 Å². The lowest BCUT2D eigenvalue weighted by atomic mass is 10.0. The molecule has 1 unspecified atom stereocenters. The highest BCUT2D eigenvalue weighted by atomic mass is 19.1. The number of fused-ring (bicyclic) bond motifs is 1. The molecule has 0 bridgehead atoms. The van der Waals surface area contributed by atoms with Gasteiger partial charge in [0.2, 0.25) is 0 Å². The van der Waals surface area contributed by atoms with Gasteiger partial charge in [0.05, 0.1) is 11.8 Å². The first-order valence-corrected chi connectivity index (χ1v) is 6.26. The number of benzene rings is 1. The van der Waals surface area contributed by atoms with E-state index in [0.717, 1.165) is 12.1 Å². The summed E-state index contributed by atoms with van der Waals surface area (Å²) in [4.78, 5) is 23.2. The van der Waals surface area contributed by atoms with Gasteiger partial charge in [0, 0.05) is 14.1 Å². The van der Waals surface area contributed by atoms with Gasteiger partial charge < -0.3 is 9.80 Å². The molecule has 21 heavy (non-hydrogen) atoms. The quantitative estimate of drug-likeness (QED) is 0.805. The second kappa shape index (κ2) is 4.76. The molecule has 2 heterocycles. The Morgan fingerprint density at radius 2 is 1.86 bits per heavy atom. The lowest BCUT2D eigenvalue weighted by molar-refractivity contribution is -0.120. The number of carbonyl (C=O) groups is 1. The van der Waals surface area contributed by atoms with Crippen LogP contribution in [0.2, 0.25) is 0 Å². The zero-order valence-electron chi connectivity index (χ0n) is 11.4. The largest absolute Gasteiger partial charge is 0.342 e. The summed E-state index contributed by atoms with van der Waals surface area (Å²) in [7, 11) is 3.11. The van der Waals surface area contributed by atoms with Crippen molar-refractivity contribution < 1.29 is 13.6 Å². The van der Waals surface area contributed by atoms with Crippen molar-refractivity contribution in [3.63, 3.8) is 0 Å². The van der Waals surface area contributed by atoms with Crippen LogP contribution in [0.1, 0.15) is 11.6 Å². The topological polar surface area (TPSA) is 49.3 Å². The average molecular weight is 290 g/mol. The molecule has 1 aromatic heterocycles. The van der Waals surface area contributed by atoms with Gasteiger partial charge in [-0.15, -0.1) is 0 Å². The molecule has 5 nitrogen and oxygen atoms in total. The Bertz CT molecular complexity index is 702. The molecule has 0 saturated heterocycles. The molecule has 2 aromatic rings. The molecular weight excluding hydrogens is 278 g/mol. The van der Waals surface area contributed by atoms with Gasteiger partial charge in [-0.25, -0.2) is 18.7 Å². The number of carbonyl (C=O) groups excluding carboxylic acids is 1. The molecular formula is C14H12F2N4O. The Balaban J connectivity index is 2.19. The van der Waals surface area contributed by atoms with E-state index in [4.69, 9.17) is 0 Å². The highest BCUT2D eigenvalue weighted by Gasteiger charge is 2.39. The third kappa shape index (κ3) is 1.93. The van der Waals surface area contributed by atoms with Crippen LogP contribution in [0.4, 0.5) is 20.3 Å². The highest BCUT2D eigenvalue weighted by molar-refractivity contribution is 6.04. The van der Waals surface area contributed by atoms with Gasteiger partial charge in [0.1, 0.15) is 29.7 Å². The molecule has 3 rings (SSSR count). The number of anilines is 2. The second-order valence-corrected chi connectivity index (χ2v) is 4.78. The number of amides is 1. The molecule has 0 aliphatic carbocycles. The lowest BCUT2D eigenvalue weighted by Gasteiger charge is -2.38. The summed E-state index contributed by atoms with van der Waals surface area (Å²) in [6, 6.07) is 2.43. The van der Waals surface area contributed by atoms with Crippen LogP contribution in [-0.2, 0) is 4.79 Å². The number of rotatable bonds is 1. The fraction of sp³-hybridized carbons (Fsp3) is 0.214. The third-order valence-corrected chi connectivity index (χ3v) is 3.59. The predicted octanol–water partition coefficient (Wildman–Crippen LogP) is 1.91. The van der Waals surface area contributed by atoms with Crippen molar-refractivity contribution in [2.45, 2.75) is 6.04 Å². The summed E-state index contributed by atoms with van der Waals surface area (Å²) < 4.78 is 28.0. The summed E-state index contributed by atoms with van der Waals surface area (Å²) in [5.74, 6) is -1.51. The number of hydrogen-bond acceptors (Lipinski definition) is 4. The van der Waals surface area contributed by atoms with Gasteiger partial charge in [-0.3, -0.25) is 4.79 Å². The van der Waals surface area contributed by atoms with E-state index in [2.05, 4.69) is 9.97 Å². The molecule has 1 amide bonds. The minimum absolute atomic E-state index is 0.277. The van der Waals surface area contributed by atoms with Crippen LogP contribution in [0.5, 0.6) is 0 Å². The molecule has 0 radical (unpaired) electrons. The fourth-order valence-electron chi connectivity index (χ4n) is 2.50. The number of nitrogens with zero attached hydrogens (tertiary/aromatic N) is 4. The van der Waals surface area contributed by atoms with Gasteiger partial charge in [0.25, 0.3) is 5.91 Å². The molecule has 108 valence electrons. The standard InChI is InChI=1S/C14H12F2N4O/c1-19-10-6-17-7-18-13(10)20(2)12(14(19)21)11-8(15)4-3-5-9(11)16/h3-7,12H,1-2H3. The summed E-state index contributed by atoms with van der Waals surface area (Å²) in [6.45, 7) is 0. The van der Waals surface area contributed by atoms with Gasteiger partial charge in [0.15, 0.2) is 5.82 Å². The van der Waals surface area contributed by atoms with E-state index >= 15 is 0 Å². The van der Waals surface area contributed by atoms with E-state index in [9.17, 15) is 13.6 Å². The molecule has 0 saturated carbocycles. The average Bonchev–Trinajstić information content (AvgIpc) is 2.48. The molecule has 1 aliphatic rings. The number of aromatic nitrogens is 2. The van der Waals surface area contributed by atoms with Crippen molar-refractivity contribution in [3.05, 3.63) is 47.9 Å².